The number of aliphatic hydroxyl groups excluding tert-OH is 1. The van der Waals surface area contributed by atoms with Crippen LogP contribution in [-0.4, -0.2) is 35.5 Å². The molecule has 0 saturated heterocycles. The number of aromatic nitrogens is 1. The van der Waals surface area contributed by atoms with E-state index in [9.17, 15) is 14.7 Å². The van der Waals surface area contributed by atoms with Gasteiger partial charge in [-0.1, -0.05) is 59.9 Å². The van der Waals surface area contributed by atoms with Crippen LogP contribution in [0, 0.1) is 0 Å². The first kappa shape index (κ1) is 24.3. The molecule has 4 aromatic rings. The number of rotatable bonds is 8. The van der Waals surface area contributed by atoms with Crippen LogP contribution in [0.15, 0.2) is 90.2 Å². The monoisotopic (exact) mass is 512 g/mol. The molecular formula is C29H24N2O5S. The van der Waals surface area contributed by atoms with E-state index in [2.05, 4.69) is 4.98 Å². The molecule has 1 unspecified atom stereocenters. The molecule has 3 aromatic carbocycles. The van der Waals surface area contributed by atoms with E-state index >= 15 is 0 Å². The predicted octanol–water partition coefficient (Wildman–Crippen LogP) is 5.89. The number of benzene rings is 3. The van der Waals surface area contributed by atoms with E-state index in [1.54, 1.807) is 49.6 Å². The van der Waals surface area contributed by atoms with Crippen LogP contribution in [-0.2, 0) is 9.59 Å². The SMILES string of the molecule is CCOc1cccc(C2C(C(=O)/C=C/c3ccccc3)=C(O)C(=O)N2c2nc3ccc(OC)cc3s2)c1. The molecule has 0 spiro atoms. The lowest BCUT2D eigenvalue weighted by molar-refractivity contribution is -0.117. The molecule has 1 aliphatic heterocycles. The zero-order valence-corrected chi connectivity index (χ0v) is 21.1. The molecule has 1 aromatic heterocycles. The number of thiazole rings is 1. The van der Waals surface area contributed by atoms with Crippen molar-refractivity contribution in [3.05, 3.63) is 101 Å². The fourth-order valence-electron chi connectivity index (χ4n) is 4.26. The van der Waals surface area contributed by atoms with E-state index in [1.165, 1.54) is 22.3 Å². The van der Waals surface area contributed by atoms with Gasteiger partial charge in [-0.25, -0.2) is 4.98 Å². The molecule has 37 heavy (non-hydrogen) atoms. The summed E-state index contributed by atoms with van der Waals surface area (Å²) in [6.45, 7) is 2.34. The molecule has 1 N–H and O–H groups in total. The Labute approximate surface area is 217 Å². The summed E-state index contributed by atoms with van der Waals surface area (Å²) in [4.78, 5) is 32.9. The van der Waals surface area contributed by atoms with Crippen molar-refractivity contribution < 1.29 is 24.2 Å². The summed E-state index contributed by atoms with van der Waals surface area (Å²) in [5, 5.41) is 11.3. The van der Waals surface area contributed by atoms with Crippen LogP contribution in [0.5, 0.6) is 11.5 Å². The average molecular weight is 513 g/mol. The van der Waals surface area contributed by atoms with Crippen LogP contribution < -0.4 is 14.4 Å². The number of methoxy groups -OCH3 is 1. The number of hydrogen-bond donors (Lipinski definition) is 1. The third-order valence-electron chi connectivity index (χ3n) is 5.98. The lowest BCUT2D eigenvalue weighted by Gasteiger charge is -2.24. The van der Waals surface area contributed by atoms with Gasteiger partial charge in [0.15, 0.2) is 16.7 Å². The van der Waals surface area contributed by atoms with Gasteiger partial charge in [-0.05, 0) is 54.5 Å². The smallest absolute Gasteiger partial charge is 0.296 e. The second kappa shape index (κ2) is 10.3. The average Bonchev–Trinajstić information content (AvgIpc) is 3.45. The van der Waals surface area contributed by atoms with Gasteiger partial charge < -0.3 is 14.6 Å². The van der Waals surface area contributed by atoms with E-state index in [4.69, 9.17) is 9.47 Å². The molecule has 186 valence electrons. The Morgan fingerprint density at radius 1 is 1.08 bits per heavy atom. The van der Waals surface area contributed by atoms with Crippen LogP contribution in [0.25, 0.3) is 16.3 Å². The Balaban J connectivity index is 1.61. The molecule has 0 radical (unpaired) electrons. The van der Waals surface area contributed by atoms with Crippen LogP contribution in [0.3, 0.4) is 0 Å². The number of carbonyl (C=O) groups excluding carboxylic acids is 2. The van der Waals surface area contributed by atoms with Crippen molar-refractivity contribution in [3.63, 3.8) is 0 Å². The summed E-state index contributed by atoms with van der Waals surface area (Å²) in [7, 11) is 1.58. The number of nitrogens with zero attached hydrogens (tertiary/aromatic N) is 2. The summed E-state index contributed by atoms with van der Waals surface area (Å²) in [6.07, 6.45) is 3.04. The molecule has 7 nitrogen and oxygen atoms in total. The van der Waals surface area contributed by atoms with Gasteiger partial charge in [0.25, 0.3) is 5.91 Å². The third kappa shape index (κ3) is 4.71. The number of fused-ring (bicyclic) bond motifs is 1. The molecule has 0 saturated carbocycles. The highest BCUT2D eigenvalue weighted by molar-refractivity contribution is 7.22. The molecule has 0 aliphatic carbocycles. The molecule has 0 fully saturated rings. The van der Waals surface area contributed by atoms with Crippen molar-refractivity contribution >= 4 is 44.5 Å². The Morgan fingerprint density at radius 3 is 2.65 bits per heavy atom. The van der Waals surface area contributed by atoms with Crippen LogP contribution in [0.1, 0.15) is 24.1 Å². The molecule has 8 heteroatoms. The van der Waals surface area contributed by atoms with E-state index in [0.717, 1.165) is 10.3 Å². The predicted molar refractivity (Wildman–Crippen MR) is 144 cm³/mol. The van der Waals surface area contributed by atoms with Crippen LogP contribution >= 0.6 is 11.3 Å². The summed E-state index contributed by atoms with van der Waals surface area (Å²) < 4.78 is 11.8. The molecular weight excluding hydrogens is 488 g/mol. The second-order valence-electron chi connectivity index (χ2n) is 8.28. The number of amides is 1. The Kier molecular flexibility index (Phi) is 6.74. The number of ether oxygens (including phenoxy) is 2. The highest BCUT2D eigenvalue weighted by atomic mass is 32.1. The largest absolute Gasteiger partial charge is 0.503 e. The quantitative estimate of drug-likeness (QED) is 0.296. The summed E-state index contributed by atoms with van der Waals surface area (Å²) >= 11 is 1.28. The maximum atomic E-state index is 13.5. The topological polar surface area (TPSA) is 89.0 Å². The van der Waals surface area contributed by atoms with Crippen molar-refractivity contribution in [3.8, 4) is 11.5 Å². The summed E-state index contributed by atoms with van der Waals surface area (Å²) in [5.74, 6) is -0.480. The number of allylic oxidation sites excluding steroid dienone is 1. The minimum atomic E-state index is -0.886. The van der Waals surface area contributed by atoms with Gasteiger partial charge >= 0.3 is 0 Å². The van der Waals surface area contributed by atoms with Crippen molar-refractivity contribution in [1.29, 1.82) is 0 Å². The highest BCUT2D eigenvalue weighted by Gasteiger charge is 2.45. The first-order valence-electron chi connectivity index (χ1n) is 11.7. The number of ketones is 1. The van der Waals surface area contributed by atoms with Gasteiger partial charge in [0.1, 0.15) is 11.5 Å². The van der Waals surface area contributed by atoms with Crippen LogP contribution in [0.4, 0.5) is 5.13 Å². The van der Waals surface area contributed by atoms with E-state index < -0.39 is 23.5 Å². The lowest BCUT2D eigenvalue weighted by Crippen LogP contribution is -2.30. The first-order chi connectivity index (χ1) is 18.0. The minimum Gasteiger partial charge on any atom is -0.503 e. The molecule has 5 rings (SSSR count). The zero-order valence-electron chi connectivity index (χ0n) is 20.3. The normalized spacial score (nSPS) is 15.7. The van der Waals surface area contributed by atoms with Gasteiger partial charge in [-0.2, -0.15) is 0 Å². The first-order valence-corrected chi connectivity index (χ1v) is 12.5. The van der Waals surface area contributed by atoms with Crippen molar-refractivity contribution in [1.82, 2.24) is 4.98 Å². The zero-order chi connectivity index (χ0) is 25.9. The van der Waals surface area contributed by atoms with Gasteiger partial charge in [0.05, 0.1) is 35.5 Å². The maximum absolute atomic E-state index is 13.5. The van der Waals surface area contributed by atoms with E-state index in [1.807, 2.05) is 43.3 Å². The van der Waals surface area contributed by atoms with Gasteiger partial charge in [0.2, 0.25) is 0 Å². The fraction of sp³-hybridized carbons (Fsp3) is 0.138. The van der Waals surface area contributed by atoms with Gasteiger partial charge in [0, 0.05) is 0 Å². The van der Waals surface area contributed by atoms with Gasteiger partial charge in [-0.3, -0.25) is 14.5 Å². The highest BCUT2D eigenvalue weighted by Crippen LogP contribution is 2.44. The molecule has 1 amide bonds. The fourth-order valence-corrected chi connectivity index (χ4v) is 5.28. The lowest BCUT2D eigenvalue weighted by atomic mass is 9.95. The minimum absolute atomic E-state index is 0.0114. The van der Waals surface area contributed by atoms with Gasteiger partial charge in [-0.15, -0.1) is 0 Å². The second-order valence-corrected chi connectivity index (χ2v) is 9.29. The van der Waals surface area contributed by atoms with E-state index in [0.29, 0.717) is 34.3 Å². The van der Waals surface area contributed by atoms with Crippen molar-refractivity contribution in [2.45, 2.75) is 13.0 Å². The maximum Gasteiger partial charge on any atom is 0.296 e. The molecule has 1 atom stereocenters. The molecule has 0 bridgehead atoms. The number of carbonyl (C=O) groups is 2. The number of hydrogen-bond acceptors (Lipinski definition) is 7. The Bertz CT molecular complexity index is 1540. The summed E-state index contributed by atoms with van der Waals surface area (Å²) in [5.41, 5.74) is 2.12. The van der Waals surface area contributed by atoms with Crippen molar-refractivity contribution in [2.24, 2.45) is 0 Å². The van der Waals surface area contributed by atoms with E-state index in [-0.39, 0.29) is 5.57 Å². The standard InChI is InChI=1S/C29H24N2O5S/c1-3-36-21-11-7-10-19(16-21)26-25(23(32)15-12-18-8-5-4-6-9-18)27(33)28(34)31(26)29-30-22-14-13-20(35-2)17-24(22)37-29/h4-17,26,33H,3H2,1-2H3/b15-12+. The summed E-state index contributed by atoms with van der Waals surface area (Å²) in [6, 6.07) is 21.1. The number of aliphatic hydroxyl groups is 1. The van der Waals surface area contributed by atoms with Crippen LogP contribution in [0.2, 0.25) is 0 Å². The Hall–Kier alpha value is -4.43. The Morgan fingerprint density at radius 2 is 1.89 bits per heavy atom. The third-order valence-corrected chi connectivity index (χ3v) is 6.99. The number of anilines is 1. The van der Waals surface area contributed by atoms with Crippen molar-refractivity contribution in [2.75, 3.05) is 18.6 Å². The molecule has 1 aliphatic rings. The molecule has 2 heterocycles.